The van der Waals surface area contributed by atoms with Crippen molar-refractivity contribution < 1.29 is 18.0 Å². The number of aromatic nitrogens is 3. The van der Waals surface area contributed by atoms with E-state index in [1.165, 1.54) is 4.57 Å². The van der Waals surface area contributed by atoms with Crippen LogP contribution in [0.15, 0.2) is 15.7 Å². The number of nitrogens with zero attached hydrogens (tertiary/aromatic N) is 2. The first-order valence-corrected chi connectivity index (χ1v) is 10.7. The summed E-state index contributed by atoms with van der Waals surface area (Å²) in [6.07, 6.45) is -1.16. The van der Waals surface area contributed by atoms with Crippen LogP contribution < -0.4 is 16.6 Å². The predicted octanol–water partition coefficient (Wildman–Crippen LogP) is 3.22. The molecule has 2 saturated carbocycles. The molecule has 2 aliphatic rings. The largest absolute Gasteiger partial charge is 0.391 e. The van der Waals surface area contributed by atoms with Gasteiger partial charge in [-0.05, 0) is 44.6 Å². The van der Waals surface area contributed by atoms with Crippen molar-refractivity contribution in [1.82, 2.24) is 19.9 Å². The van der Waals surface area contributed by atoms with Crippen LogP contribution >= 0.6 is 0 Å². The van der Waals surface area contributed by atoms with Gasteiger partial charge in [0, 0.05) is 24.2 Å². The van der Waals surface area contributed by atoms with E-state index in [9.17, 15) is 27.6 Å². The van der Waals surface area contributed by atoms with Crippen molar-refractivity contribution >= 4 is 16.9 Å². The van der Waals surface area contributed by atoms with Crippen molar-refractivity contribution in [2.45, 2.75) is 76.6 Å². The Hall–Kier alpha value is -2.65. The molecule has 2 aromatic heterocycles. The molecular formula is C21H25F3N4O3. The van der Waals surface area contributed by atoms with E-state index >= 15 is 0 Å². The quantitative estimate of drug-likeness (QED) is 0.749. The van der Waals surface area contributed by atoms with E-state index in [0.29, 0.717) is 31.5 Å². The molecular weight excluding hydrogens is 413 g/mol. The number of hydrogen-bond donors (Lipinski definition) is 2. The second-order valence-electron chi connectivity index (χ2n) is 8.55. The molecule has 31 heavy (non-hydrogen) atoms. The highest BCUT2D eigenvalue weighted by Gasteiger charge is 2.42. The fraction of sp³-hybridized carbons (Fsp3) is 0.619. The standard InChI is InChI=1S/C21H25F3N4O3/c1-2-8-28-17-16(19(30)27-20(28)31)14(10-15(26-17)11-6-7-11)18(29)25-13-5-3-4-12(9-13)21(22,23)24/h10-13H,2-9H2,1H3,(H,25,29)(H,27,30,31). The summed E-state index contributed by atoms with van der Waals surface area (Å²) in [5, 5.41) is 2.70. The van der Waals surface area contributed by atoms with E-state index in [1.807, 2.05) is 6.92 Å². The average molecular weight is 438 g/mol. The lowest BCUT2D eigenvalue weighted by atomic mass is 9.85. The van der Waals surface area contributed by atoms with Crippen molar-refractivity contribution in [3.63, 3.8) is 0 Å². The van der Waals surface area contributed by atoms with Crippen molar-refractivity contribution in [1.29, 1.82) is 0 Å². The molecule has 0 saturated heterocycles. The third kappa shape index (κ3) is 4.38. The number of carbonyl (C=O) groups is 1. The summed E-state index contributed by atoms with van der Waals surface area (Å²) < 4.78 is 40.8. The molecule has 2 heterocycles. The molecule has 0 aromatic carbocycles. The van der Waals surface area contributed by atoms with Crippen molar-refractivity contribution in [3.05, 3.63) is 38.2 Å². The summed E-state index contributed by atoms with van der Waals surface area (Å²) in [6, 6.07) is 0.927. The summed E-state index contributed by atoms with van der Waals surface area (Å²) in [4.78, 5) is 44.8. The third-order valence-corrected chi connectivity index (χ3v) is 6.13. The predicted molar refractivity (Wildman–Crippen MR) is 108 cm³/mol. The number of H-pyrrole nitrogens is 1. The number of carbonyl (C=O) groups excluding carboxylic acids is 1. The highest BCUT2D eigenvalue weighted by Crippen LogP contribution is 2.40. The molecule has 0 aliphatic heterocycles. The monoisotopic (exact) mass is 438 g/mol. The van der Waals surface area contributed by atoms with Gasteiger partial charge < -0.3 is 5.32 Å². The van der Waals surface area contributed by atoms with Gasteiger partial charge in [0.25, 0.3) is 11.5 Å². The molecule has 2 aliphatic carbocycles. The number of rotatable bonds is 5. The number of alkyl halides is 3. The number of aryl methyl sites for hydroxylation is 1. The van der Waals surface area contributed by atoms with E-state index in [-0.39, 0.29) is 35.4 Å². The van der Waals surface area contributed by atoms with E-state index in [0.717, 1.165) is 12.8 Å². The maximum absolute atomic E-state index is 13.1. The average Bonchev–Trinajstić information content (AvgIpc) is 3.55. The van der Waals surface area contributed by atoms with Gasteiger partial charge in [0.15, 0.2) is 5.65 Å². The molecule has 0 spiro atoms. The Morgan fingerprint density at radius 1 is 1.26 bits per heavy atom. The molecule has 2 atom stereocenters. The second kappa shape index (κ2) is 8.12. The summed E-state index contributed by atoms with van der Waals surface area (Å²) in [6.45, 7) is 2.20. The van der Waals surface area contributed by atoms with Crippen LogP contribution in [0, 0.1) is 5.92 Å². The lowest BCUT2D eigenvalue weighted by Gasteiger charge is -2.31. The molecule has 168 valence electrons. The minimum Gasteiger partial charge on any atom is -0.349 e. The smallest absolute Gasteiger partial charge is 0.349 e. The van der Waals surface area contributed by atoms with Gasteiger partial charge >= 0.3 is 11.9 Å². The van der Waals surface area contributed by atoms with Crippen LogP contribution in [-0.2, 0) is 6.54 Å². The molecule has 0 radical (unpaired) electrons. The van der Waals surface area contributed by atoms with Crippen molar-refractivity contribution in [2.24, 2.45) is 5.92 Å². The molecule has 2 unspecified atom stereocenters. The van der Waals surface area contributed by atoms with Gasteiger partial charge in [-0.2, -0.15) is 13.2 Å². The molecule has 7 nitrogen and oxygen atoms in total. The van der Waals surface area contributed by atoms with Gasteiger partial charge in [-0.25, -0.2) is 9.78 Å². The van der Waals surface area contributed by atoms with Gasteiger partial charge in [0.1, 0.15) is 0 Å². The Kier molecular flexibility index (Phi) is 5.65. The number of hydrogen-bond acceptors (Lipinski definition) is 4. The van der Waals surface area contributed by atoms with Crippen LogP contribution in [0.4, 0.5) is 13.2 Å². The SMILES string of the molecule is CCCn1c(=O)[nH]c(=O)c2c(C(=O)NC3CCCC(C(F)(F)F)C3)cc(C3CC3)nc21. The lowest BCUT2D eigenvalue weighted by Crippen LogP contribution is -2.42. The van der Waals surface area contributed by atoms with Crippen LogP contribution in [0.3, 0.4) is 0 Å². The van der Waals surface area contributed by atoms with Crippen molar-refractivity contribution in [2.75, 3.05) is 0 Å². The maximum atomic E-state index is 13.1. The number of aromatic amines is 1. The first kappa shape index (κ1) is 21.6. The number of fused-ring (bicyclic) bond motifs is 1. The van der Waals surface area contributed by atoms with Gasteiger partial charge in [0.2, 0.25) is 0 Å². The Morgan fingerprint density at radius 3 is 2.65 bits per heavy atom. The molecule has 0 bridgehead atoms. The minimum atomic E-state index is -4.29. The Balaban J connectivity index is 1.74. The van der Waals surface area contributed by atoms with Crippen molar-refractivity contribution in [3.8, 4) is 0 Å². The number of nitrogens with one attached hydrogen (secondary N) is 2. The first-order valence-electron chi connectivity index (χ1n) is 10.7. The fourth-order valence-corrected chi connectivity index (χ4v) is 4.37. The summed E-state index contributed by atoms with van der Waals surface area (Å²) in [7, 11) is 0. The number of halogens is 3. The van der Waals surface area contributed by atoms with Crippen LogP contribution in [0.1, 0.15) is 73.8 Å². The highest BCUT2D eigenvalue weighted by atomic mass is 19.4. The molecule has 10 heteroatoms. The number of pyridine rings is 1. The Bertz CT molecular complexity index is 1120. The van der Waals surface area contributed by atoms with Gasteiger partial charge in [0.05, 0.1) is 16.9 Å². The summed E-state index contributed by atoms with van der Waals surface area (Å²) >= 11 is 0. The zero-order valence-corrected chi connectivity index (χ0v) is 17.2. The summed E-state index contributed by atoms with van der Waals surface area (Å²) in [5.41, 5.74) is -0.464. The molecule has 1 amide bonds. The lowest BCUT2D eigenvalue weighted by molar-refractivity contribution is -0.183. The zero-order valence-electron chi connectivity index (χ0n) is 17.2. The normalized spacial score (nSPS) is 21.9. The van der Waals surface area contributed by atoms with E-state index in [1.54, 1.807) is 6.07 Å². The molecule has 2 fully saturated rings. The molecule has 2 N–H and O–H groups in total. The van der Waals surface area contributed by atoms with E-state index < -0.39 is 35.3 Å². The van der Waals surface area contributed by atoms with E-state index in [2.05, 4.69) is 15.3 Å². The minimum absolute atomic E-state index is 0.00173. The Morgan fingerprint density at radius 2 is 2.00 bits per heavy atom. The Labute approximate surface area is 176 Å². The van der Waals surface area contributed by atoms with Crippen LogP contribution in [0.25, 0.3) is 11.0 Å². The first-order chi connectivity index (χ1) is 14.7. The van der Waals surface area contributed by atoms with Gasteiger partial charge in [-0.1, -0.05) is 13.3 Å². The molecule has 4 rings (SSSR count). The van der Waals surface area contributed by atoms with E-state index in [4.69, 9.17) is 0 Å². The number of amides is 1. The maximum Gasteiger partial charge on any atom is 0.391 e. The second-order valence-corrected chi connectivity index (χ2v) is 8.55. The molecule has 2 aromatic rings. The van der Waals surface area contributed by atoms with Crippen LogP contribution in [0.2, 0.25) is 0 Å². The van der Waals surface area contributed by atoms with Crippen LogP contribution in [0.5, 0.6) is 0 Å². The van der Waals surface area contributed by atoms with Gasteiger partial charge in [-0.3, -0.25) is 19.1 Å². The topological polar surface area (TPSA) is 96.9 Å². The highest BCUT2D eigenvalue weighted by molar-refractivity contribution is 6.05. The third-order valence-electron chi connectivity index (χ3n) is 6.13. The fourth-order valence-electron chi connectivity index (χ4n) is 4.37. The van der Waals surface area contributed by atoms with Gasteiger partial charge in [-0.15, -0.1) is 0 Å². The summed E-state index contributed by atoms with van der Waals surface area (Å²) in [5.74, 6) is -1.89. The zero-order chi connectivity index (χ0) is 22.3. The van der Waals surface area contributed by atoms with Crippen LogP contribution in [-0.4, -0.2) is 32.7 Å².